The van der Waals surface area contributed by atoms with Gasteiger partial charge in [-0.05, 0) is 18.8 Å². The molecule has 0 fully saturated rings. The Labute approximate surface area is 151 Å². The molecule has 4 amide bonds. The zero-order chi connectivity index (χ0) is 20.4. The first-order chi connectivity index (χ1) is 11.9. The van der Waals surface area contributed by atoms with Crippen LogP contribution < -0.4 is 27.8 Å². The maximum atomic E-state index is 12.3. The van der Waals surface area contributed by atoms with Crippen LogP contribution in [0.2, 0.25) is 0 Å². The molecule has 11 nitrogen and oxygen atoms in total. The Morgan fingerprint density at radius 3 is 1.88 bits per heavy atom. The highest BCUT2D eigenvalue weighted by Crippen LogP contribution is 2.05. The van der Waals surface area contributed by atoms with E-state index in [2.05, 4.69) is 10.6 Å². The van der Waals surface area contributed by atoms with E-state index in [0.29, 0.717) is 6.42 Å². The van der Waals surface area contributed by atoms with E-state index in [1.54, 1.807) is 0 Å². The van der Waals surface area contributed by atoms with Crippen molar-refractivity contribution in [1.82, 2.24) is 10.6 Å². The smallest absolute Gasteiger partial charge is 0.326 e. The van der Waals surface area contributed by atoms with E-state index in [0.717, 1.165) is 0 Å². The fourth-order valence-corrected chi connectivity index (χ4v) is 2.12. The van der Waals surface area contributed by atoms with E-state index in [4.69, 9.17) is 22.3 Å². The Morgan fingerprint density at radius 1 is 0.923 bits per heavy atom. The summed E-state index contributed by atoms with van der Waals surface area (Å²) in [4.78, 5) is 57.4. The van der Waals surface area contributed by atoms with E-state index < -0.39 is 54.1 Å². The Kier molecular flexibility index (Phi) is 9.89. The summed E-state index contributed by atoms with van der Waals surface area (Å²) < 4.78 is 0. The molecule has 148 valence electrons. The van der Waals surface area contributed by atoms with Gasteiger partial charge in [0.25, 0.3) is 0 Å². The molecule has 0 unspecified atom stereocenters. The normalized spacial score (nSPS) is 14.2. The van der Waals surface area contributed by atoms with Gasteiger partial charge in [0.2, 0.25) is 23.6 Å². The summed E-state index contributed by atoms with van der Waals surface area (Å²) in [6, 6.07) is -3.67. The summed E-state index contributed by atoms with van der Waals surface area (Å²) in [5, 5.41) is 13.5. The van der Waals surface area contributed by atoms with Gasteiger partial charge in [0.05, 0.1) is 12.5 Å². The molecule has 0 radical (unpaired) electrons. The first-order valence-corrected chi connectivity index (χ1v) is 8.09. The van der Waals surface area contributed by atoms with Crippen molar-refractivity contribution >= 4 is 29.6 Å². The van der Waals surface area contributed by atoms with Gasteiger partial charge in [-0.2, -0.15) is 0 Å². The Bertz CT molecular complexity index is 551. The summed E-state index contributed by atoms with van der Waals surface area (Å²) in [5.41, 5.74) is 15.7. The molecule has 0 aromatic carbocycles. The molecule has 0 bridgehead atoms. The number of carbonyl (C=O) groups is 5. The molecule has 11 heteroatoms. The van der Waals surface area contributed by atoms with E-state index >= 15 is 0 Å². The number of primary amides is 2. The van der Waals surface area contributed by atoms with Gasteiger partial charge in [-0.1, -0.05) is 13.8 Å². The van der Waals surface area contributed by atoms with Crippen molar-refractivity contribution in [3.05, 3.63) is 0 Å². The number of carboxylic acid groups (broad SMARTS) is 1. The first kappa shape index (κ1) is 23.3. The molecule has 0 saturated carbocycles. The van der Waals surface area contributed by atoms with Gasteiger partial charge in [-0.25, -0.2) is 4.79 Å². The third-order valence-electron chi connectivity index (χ3n) is 3.39. The molecule has 0 heterocycles. The molecule has 0 aliphatic heterocycles. The molecule has 0 spiro atoms. The largest absolute Gasteiger partial charge is 0.480 e. The van der Waals surface area contributed by atoms with Crippen molar-refractivity contribution in [3.8, 4) is 0 Å². The number of rotatable bonds is 12. The molecule has 3 atom stereocenters. The molecule has 0 aliphatic carbocycles. The third-order valence-corrected chi connectivity index (χ3v) is 3.39. The van der Waals surface area contributed by atoms with E-state index in [9.17, 15) is 24.0 Å². The van der Waals surface area contributed by atoms with Crippen LogP contribution in [-0.4, -0.2) is 52.8 Å². The van der Waals surface area contributed by atoms with Crippen LogP contribution in [-0.2, 0) is 24.0 Å². The predicted molar refractivity (Wildman–Crippen MR) is 91.2 cm³/mol. The van der Waals surface area contributed by atoms with Crippen molar-refractivity contribution in [3.63, 3.8) is 0 Å². The number of aliphatic carboxylic acids is 1. The summed E-state index contributed by atoms with van der Waals surface area (Å²) in [6.07, 6.45) is -0.616. The number of nitrogens with one attached hydrogen (secondary N) is 2. The van der Waals surface area contributed by atoms with E-state index in [1.807, 2.05) is 13.8 Å². The maximum Gasteiger partial charge on any atom is 0.326 e. The maximum absolute atomic E-state index is 12.3. The summed E-state index contributed by atoms with van der Waals surface area (Å²) in [5.74, 6) is -4.45. The zero-order valence-electron chi connectivity index (χ0n) is 14.9. The Hall–Kier alpha value is -2.69. The quantitative estimate of drug-likeness (QED) is 0.217. The predicted octanol–water partition coefficient (Wildman–Crippen LogP) is -2.45. The molecule has 0 aliphatic rings. The van der Waals surface area contributed by atoms with Crippen LogP contribution in [0.5, 0.6) is 0 Å². The molecule has 0 saturated heterocycles. The SMILES string of the molecule is CC(C)C[C@H](N)C(=O)N[C@@H](CCC(N)=O)C(=O)N[C@@H](CC(N)=O)C(=O)O. The minimum Gasteiger partial charge on any atom is -0.480 e. The fourth-order valence-electron chi connectivity index (χ4n) is 2.12. The average molecular weight is 373 g/mol. The van der Waals surface area contributed by atoms with Crippen molar-refractivity contribution in [2.45, 2.75) is 57.7 Å². The van der Waals surface area contributed by atoms with Crippen molar-refractivity contribution < 1.29 is 29.1 Å². The molecule has 0 aromatic heterocycles. The topological polar surface area (TPSA) is 208 Å². The minimum atomic E-state index is -1.56. The number of carboxylic acids is 1. The van der Waals surface area contributed by atoms with E-state index in [1.165, 1.54) is 0 Å². The Morgan fingerprint density at radius 2 is 1.46 bits per heavy atom. The standard InChI is InChI=1S/C15H27N5O6/c1-7(2)5-8(16)13(23)19-9(3-4-11(17)21)14(24)20-10(15(25)26)6-12(18)22/h7-10H,3-6,16H2,1-2H3,(H2,17,21)(H2,18,22)(H,19,23)(H,20,24)(H,25,26)/t8-,9-,10-/m0/s1. The van der Waals surface area contributed by atoms with Gasteiger partial charge in [0, 0.05) is 6.42 Å². The van der Waals surface area contributed by atoms with Gasteiger partial charge in [0.15, 0.2) is 0 Å². The molecule has 9 N–H and O–H groups in total. The molecular weight excluding hydrogens is 346 g/mol. The summed E-state index contributed by atoms with van der Waals surface area (Å²) >= 11 is 0. The fraction of sp³-hybridized carbons (Fsp3) is 0.667. The van der Waals surface area contributed by atoms with Crippen LogP contribution >= 0.6 is 0 Å². The van der Waals surface area contributed by atoms with Crippen LogP contribution in [0.15, 0.2) is 0 Å². The number of carbonyl (C=O) groups excluding carboxylic acids is 4. The lowest BCUT2D eigenvalue weighted by Gasteiger charge is -2.22. The lowest BCUT2D eigenvalue weighted by atomic mass is 10.0. The lowest BCUT2D eigenvalue weighted by molar-refractivity contribution is -0.143. The minimum absolute atomic E-state index is 0.139. The third kappa shape index (κ3) is 9.57. The second-order valence-electron chi connectivity index (χ2n) is 6.37. The van der Waals surface area contributed by atoms with Crippen LogP contribution in [0.4, 0.5) is 0 Å². The monoisotopic (exact) mass is 373 g/mol. The van der Waals surface area contributed by atoms with Crippen LogP contribution in [0.25, 0.3) is 0 Å². The molecular formula is C15H27N5O6. The van der Waals surface area contributed by atoms with E-state index in [-0.39, 0.29) is 18.8 Å². The zero-order valence-corrected chi connectivity index (χ0v) is 14.9. The highest BCUT2D eigenvalue weighted by molar-refractivity contribution is 5.93. The summed E-state index contributed by atoms with van der Waals surface area (Å²) in [7, 11) is 0. The van der Waals surface area contributed by atoms with Crippen molar-refractivity contribution in [2.75, 3.05) is 0 Å². The second-order valence-corrected chi connectivity index (χ2v) is 6.37. The number of hydrogen-bond donors (Lipinski definition) is 6. The number of nitrogens with two attached hydrogens (primary N) is 3. The highest BCUT2D eigenvalue weighted by atomic mass is 16.4. The van der Waals surface area contributed by atoms with Crippen LogP contribution in [0.3, 0.4) is 0 Å². The van der Waals surface area contributed by atoms with Crippen molar-refractivity contribution in [2.24, 2.45) is 23.1 Å². The van der Waals surface area contributed by atoms with Crippen LogP contribution in [0, 0.1) is 5.92 Å². The number of hydrogen-bond acceptors (Lipinski definition) is 6. The first-order valence-electron chi connectivity index (χ1n) is 8.09. The van der Waals surface area contributed by atoms with Gasteiger partial charge in [0.1, 0.15) is 12.1 Å². The van der Waals surface area contributed by atoms with Gasteiger partial charge >= 0.3 is 5.97 Å². The second kappa shape index (κ2) is 11.0. The molecule has 0 aromatic rings. The highest BCUT2D eigenvalue weighted by Gasteiger charge is 2.29. The average Bonchev–Trinajstić information content (AvgIpc) is 2.48. The van der Waals surface area contributed by atoms with Gasteiger partial charge < -0.3 is 32.9 Å². The van der Waals surface area contributed by atoms with Gasteiger partial charge in [-0.15, -0.1) is 0 Å². The number of amides is 4. The molecule has 0 rings (SSSR count). The van der Waals surface area contributed by atoms with Crippen molar-refractivity contribution in [1.29, 1.82) is 0 Å². The molecule has 26 heavy (non-hydrogen) atoms. The van der Waals surface area contributed by atoms with Gasteiger partial charge in [-0.3, -0.25) is 19.2 Å². The summed E-state index contributed by atoms with van der Waals surface area (Å²) in [6.45, 7) is 3.73. The lowest BCUT2D eigenvalue weighted by Crippen LogP contribution is -2.55. The van der Waals surface area contributed by atoms with Crippen LogP contribution in [0.1, 0.15) is 39.5 Å². The Balaban J connectivity index is 5.11.